The maximum atomic E-state index is 17.3. The molecule has 0 heterocycles. The highest BCUT2D eigenvalue weighted by atomic mass is 19.1. The van der Waals surface area contributed by atoms with Gasteiger partial charge in [-0.1, -0.05) is 172 Å². The molecule has 0 saturated heterocycles. The first-order valence-electron chi connectivity index (χ1n) is 27.6. The molecule has 4 unspecified atom stereocenters. The Morgan fingerprint density at radius 3 is 1.39 bits per heavy atom. The lowest BCUT2D eigenvalue weighted by atomic mass is 9.77. The normalized spacial score (nSPS) is 13.2. The summed E-state index contributed by atoms with van der Waals surface area (Å²) in [4.78, 5) is 36.3. The number of hydrogen-bond donors (Lipinski definition) is 3. The Balaban J connectivity index is 1.62. The van der Waals surface area contributed by atoms with Gasteiger partial charge < -0.3 is 15.3 Å². The monoisotopic (exact) mass is 979 g/mol. The van der Waals surface area contributed by atoms with Gasteiger partial charge in [-0.15, -0.1) is 0 Å². The molecule has 0 spiro atoms. The number of aryl methyl sites for hydroxylation is 4. The molecule has 3 N–H and O–H groups in total. The maximum Gasteiger partial charge on any atom is 0.307 e. The van der Waals surface area contributed by atoms with Crippen molar-refractivity contribution in [3.63, 3.8) is 0 Å². The number of carboxylic acids is 3. The molecule has 0 aliphatic carbocycles. The first kappa shape index (κ1) is 58.7. The number of aliphatic carboxylic acids is 3. The van der Waals surface area contributed by atoms with E-state index in [9.17, 15) is 29.7 Å². The maximum absolute atomic E-state index is 17.3. The van der Waals surface area contributed by atoms with E-state index in [0.29, 0.717) is 65.5 Å². The highest BCUT2D eigenvalue weighted by Crippen LogP contribution is 2.40. The second-order valence-electron chi connectivity index (χ2n) is 20.9. The highest BCUT2D eigenvalue weighted by Gasteiger charge is 2.28. The van der Waals surface area contributed by atoms with Crippen LogP contribution in [0.5, 0.6) is 0 Å². The lowest BCUT2D eigenvalue weighted by Crippen LogP contribution is -2.16. The van der Waals surface area contributed by atoms with Gasteiger partial charge in [-0.3, -0.25) is 14.4 Å². The average Bonchev–Trinajstić information content (AvgIpc) is 3.32. The van der Waals surface area contributed by atoms with Gasteiger partial charge in [-0.2, -0.15) is 0 Å². The molecule has 4 rings (SSSR count). The Morgan fingerprint density at radius 1 is 0.437 bits per heavy atom. The number of carboxylic acid groups (broad SMARTS) is 3. The number of unbranched alkanes of at least 4 members (excludes halogenated alkanes) is 8. The minimum absolute atomic E-state index is 0.0276. The molecular weight excluding hydrogens is 891 g/mol. The highest BCUT2D eigenvalue weighted by molar-refractivity contribution is 5.72. The van der Waals surface area contributed by atoms with E-state index in [1.165, 1.54) is 11.1 Å². The van der Waals surface area contributed by atoms with Crippen molar-refractivity contribution in [3.05, 3.63) is 140 Å². The van der Waals surface area contributed by atoms with Crippen LogP contribution < -0.4 is 0 Å². The van der Waals surface area contributed by atoms with E-state index in [1.807, 2.05) is 18.2 Å². The average molecular weight is 979 g/mol. The fourth-order valence-electron chi connectivity index (χ4n) is 11.1. The minimum Gasteiger partial charge on any atom is -0.481 e. The third-order valence-electron chi connectivity index (χ3n) is 15.0. The van der Waals surface area contributed by atoms with Gasteiger partial charge in [0, 0.05) is 0 Å². The van der Waals surface area contributed by atoms with Crippen molar-refractivity contribution in [2.24, 2.45) is 11.8 Å². The standard InChI is InChI=1S/C63H88F2O6/c1-7-11-15-21-29-51-36-48(41-59(66)67)40-58(62(51)64)55(33-18-13-9-3)45(6)25-23-31-52-37-49(42-60(68)69)39-57(63(52)65)54(32-14-10-4)44(5)24-22-30-50-34-47(28-17-12-8-2)35-53(43-61(70)71)56(50)38-46-26-19-16-20-27-46/h16,19-20,26-27,34-37,39-40,44-45,54-55H,7-15,17-18,21-25,28-33,38,41-43H2,1-6H3,(H,66,67)(H,68,69)(H,70,71). The number of benzene rings is 4. The molecule has 71 heavy (non-hydrogen) atoms. The molecule has 390 valence electrons. The van der Waals surface area contributed by atoms with Crippen molar-refractivity contribution in [1.29, 1.82) is 0 Å². The predicted octanol–water partition coefficient (Wildman–Crippen LogP) is 16.5. The Bertz CT molecular complexity index is 2250. The van der Waals surface area contributed by atoms with Crippen LogP contribution >= 0.6 is 0 Å². The van der Waals surface area contributed by atoms with Crippen molar-refractivity contribution in [2.45, 2.75) is 220 Å². The smallest absolute Gasteiger partial charge is 0.307 e. The summed E-state index contributed by atoms with van der Waals surface area (Å²) in [6, 6.07) is 21.7. The summed E-state index contributed by atoms with van der Waals surface area (Å²) in [6.07, 6.45) is 19.6. The number of carbonyl (C=O) groups is 3. The first-order valence-corrected chi connectivity index (χ1v) is 27.6. The Hall–Kier alpha value is -4.85. The van der Waals surface area contributed by atoms with E-state index >= 15 is 8.78 Å². The van der Waals surface area contributed by atoms with Crippen LogP contribution in [0, 0.1) is 23.5 Å². The Labute approximate surface area is 426 Å². The summed E-state index contributed by atoms with van der Waals surface area (Å²) in [5.74, 6) is -3.29. The molecule has 0 saturated carbocycles. The molecule has 0 bridgehead atoms. The zero-order valence-corrected chi connectivity index (χ0v) is 44.4. The number of rotatable bonds is 36. The molecule has 4 aromatic rings. The van der Waals surface area contributed by atoms with Gasteiger partial charge in [0.25, 0.3) is 0 Å². The van der Waals surface area contributed by atoms with Crippen LogP contribution in [0.3, 0.4) is 0 Å². The van der Waals surface area contributed by atoms with Gasteiger partial charge in [0.2, 0.25) is 0 Å². The fourth-order valence-corrected chi connectivity index (χ4v) is 11.1. The quantitative estimate of drug-likeness (QED) is 0.0392. The lowest BCUT2D eigenvalue weighted by Gasteiger charge is -2.28. The molecule has 0 aliphatic heterocycles. The van der Waals surface area contributed by atoms with Crippen LogP contribution in [-0.4, -0.2) is 33.2 Å². The van der Waals surface area contributed by atoms with Crippen LogP contribution in [0.1, 0.15) is 230 Å². The summed E-state index contributed by atoms with van der Waals surface area (Å²) < 4.78 is 33.9. The Kier molecular flexibility index (Phi) is 26.1. The lowest BCUT2D eigenvalue weighted by molar-refractivity contribution is -0.137. The van der Waals surface area contributed by atoms with E-state index in [2.05, 4.69) is 65.8 Å². The minimum atomic E-state index is -0.961. The van der Waals surface area contributed by atoms with Crippen LogP contribution in [0.25, 0.3) is 0 Å². The zero-order valence-electron chi connectivity index (χ0n) is 44.4. The van der Waals surface area contributed by atoms with Crippen molar-refractivity contribution in [3.8, 4) is 0 Å². The largest absolute Gasteiger partial charge is 0.481 e. The molecule has 0 amide bonds. The van der Waals surface area contributed by atoms with Gasteiger partial charge in [0.05, 0.1) is 19.3 Å². The predicted molar refractivity (Wildman–Crippen MR) is 287 cm³/mol. The third-order valence-corrected chi connectivity index (χ3v) is 15.0. The van der Waals surface area contributed by atoms with Gasteiger partial charge in [0.1, 0.15) is 11.6 Å². The number of halogens is 2. The van der Waals surface area contributed by atoms with E-state index in [-0.39, 0.29) is 54.6 Å². The summed E-state index contributed by atoms with van der Waals surface area (Å²) >= 11 is 0. The summed E-state index contributed by atoms with van der Waals surface area (Å²) in [7, 11) is 0. The van der Waals surface area contributed by atoms with Gasteiger partial charge in [-0.05, 0) is 168 Å². The van der Waals surface area contributed by atoms with Crippen molar-refractivity contribution in [1.82, 2.24) is 0 Å². The van der Waals surface area contributed by atoms with Crippen LogP contribution in [0.15, 0.2) is 66.7 Å². The summed E-state index contributed by atoms with van der Waals surface area (Å²) in [5.41, 5.74) is 9.05. The molecule has 0 radical (unpaired) electrons. The molecule has 6 nitrogen and oxygen atoms in total. The summed E-state index contributed by atoms with van der Waals surface area (Å²) in [6.45, 7) is 13.0. The van der Waals surface area contributed by atoms with Crippen LogP contribution in [-0.2, 0) is 65.8 Å². The topological polar surface area (TPSA) is 112 Å². The van der Waals surface area contributed by atoms with Gasteiger partial charge in [-0.25, -0.2) is 8.78 Å². The fraction of sp³-hybridized carbons (Fsp3) is 0.571. The van der Waals surface area contributed by atoms with Gasteiger partial charge >= 0.3 is 17.9 Å². The Morgan fingerprint density at radius 2 is 0.873 bits per heavy atom. The van der Waals surface area contributed by atoms with Crippen LogP contribution in [0.4, 0.5) is 8.78 Å². The molecule has 0 aliphatic rings. The van der Waals surface area contributed by atoms with E-state index in [4.69, 9.17) is 0 Å². The first-order chi connectivity index (χ1) is 34.2. The second kappa shape index (κ2) is 31.6. The van der Waals surface area contributed by atoms with Gasteiger partial charge in [0.15, 0.2) is 0 Å². The number of hydrogen-bond acceptors (Lipinski definition) is 3. The third kappa shape index (κ3) is 19.6. The molecule has 8 heteroatoms. The van der Waals surface area contributed by atoms with Crippen molar-refractivity contribution >= 4 is 17.9 Å². The molecular formula is C63H88F2O6. The van der Waals surface area contributed by atoms with Crippen molar-refractivity contribution in [2.75, 3.05) is 0 Å². The zero-order chi connectivity index (χ0) is 51.7. The van der Waals surface area contributed by atoms with Crippen LogP contribution in [0.2, 0.25) is 0 Å². The molecule has 4 aromatic carbocycles. The molecule has 4 atom stereocenters. The molecule has 0 fully saturated rings. The van der Waals surface area contributed by atoms with E-state index < -0.39 is 17.9 Å². The molecule has 0 aromatic heterocycles. The summed E-state index contributed by atoms with van der Waals surface area (Å²) in [5, 5.41) is 29.8. The van der Waals surface area contributed by atoms with Crippen molar-refractivity contribution < 1.29 is 38.5 Å². The van der Waals surface area contributed by atoms with E-state index in [1.54, 1.807) is 24.3 Å². The second-order valence-corrected chi connectivity index (χ2v) is 20.9. The van der Waals surface area contributed by atoms with E-state index in [0.717, 1.165) is 132 Å². The SMILES string of the molecule is CCCCCCc1cc(CC(=O)O)cc(C(CCCCC)C(C)CCCc2cc(CC(=O)O)cc(C(CCCC)C(C)CCCc3cc(CCCCC)cc(CC(=O)O)c3Cc3ccccc3)c2F)c1F.